The van der Waals surface area contributed by atoms with E-state index in [0.29, 0.717) is 21.9 Å². The maximum absolute atomic E-state index is 12.9. The largest absolute Gasteiger partial charge is 0.456 e. The highest BCUT2D eigenvalue weighted by molar-refractivity contribution is 5.89. The second kappa shape index (κ2) is 7.49. The van der Waals surface area contributed by atoms with Crippen molar-refractivity contribution in [3.8, 4) is 0 Å². The van der Waals surface area contributed by atoms with Gasteiger partial charge in [0.15, 0.2) is 0 Å². The summed E-state index contributed by atoms with van der Waals surface area (Å²) in [6.45, 7) is 8.31. The number of nitrogens with zero attached hydrogens (tertiary/aromatic N) is 1. The fourth-order valence-corrected chi connectivity index (χ4v) is 3.74. The summed E-state index contributed by atoms with van der Waals surface area (Å²) in [6.07, 6.45) is 0. The molecule has 0 fully saturated rings. The Kier molecular flexibility index (Phi) is 5.01. The van der Waals surface area contributed by atoms with Crippen molar-refractivity contribution in [1.29, 1.82) is 0 Å². The van der Waals surface area contributed by atoms with Crippen LogP contribution in [0, 0.1) is 0 Å². The van der Waals surface area contributed by atoms with Gasteiger partial charge in [-0.25, -0.2) is 0 Å². The average molecular weight is 386 g/mol. The summed E-state index contributed by atoms with van der Waals surface area (Å²) in [5.74, 6) is 0. The number of rotatable bonds is 4. The van der Waals surface area contributed by atoms with E-state index in [1.165, 1.54) is 11.1 Å². The van der Waals surface area contributed by atoms with Crippen LogP contribution in [0.25, 0.3) is 21.9 Å². The Labute approximate surface area is 171 Å². The van der Waals surface area contributed by atoms with Gasteiger partial charge < -0.3 is 4.42 Å². The van der Waals surface area contributed by atoms with Gasteiger partial charge in [0.1, 0.15) is 11.2 Å². The molecule has 0 bridgehead atoms. The van der Waals surface area contributed by atoms with Crippen LogP contribution in [-0.4, -0.2) is 11.9 Å². The maximum Gasteiger partial charge on any atom is 0.200 e. The van der Waals surface area contributed by atoms with Gasteiger partial charge in [0.05, 0.1) is 10.8 Å². The highest BCUT2D eigenvalue weighted by Crippen LogP contribution is 2.23. The smallest absolute Gasteiger partial charge is 0.200 e. The summed E-state index contributed by atoms with van der Waals surface area (Å²) in [6, 6.07) is 22.2. The van der Waals surface area contributed by atoms with Gasteiger partial charge in [-0.05, 0) is 53.4 Å². The minimum absolute atomic E-state index is 0.0316. The van der Waals surface area contributed by atoms with Gasteiger partial charge in [-0.1, -0.05) is 63.2 Å². The van der Waals surface area contributed by atoms with Crippen LogP contribution in [0.15, 0.2) is 75.9 Å². The molecule has 0 unspecified atom stereocenters. The zero-order valence-electron chi connectivity index (χ0n) is 17.5. The molecule has 0 N–H and O–H groups in total. The number of hydrogen-bond acceptors (Lipinski definition) is 3. The molecule has 0 radical (unpaired) electrons. The topological polar surface area (TPSA) is 33.5 Å². The van der Waals surface area contributed by atoms with Crippen LogP contribution < -0.4 is 5.43 Å². The van der Waals surface area contributed by atoms with Crippen LogP contribution >= 0.6 is 0 Å². The molecule has 0 saturated carbocycles. The zero-order chi connectivity index (χ0) is 20.6. The molecule has 1 aromatic heterocycles. The molecule has 0 spiro atoms. The SMILES string of the molecule is CN(Cc1ccc(C(C)(C)C)cc1)Cc1ccc2oc3ccccc3c(=O)c2c1. The van der Waals surface area contributed by atoms with E-state index in [0.717, 1.165) is 18.7 Å². The van der Waals surface area contributed by atoms with Crippen LogP contribution in [0.3, 0.4) is 0 Å². The van der Waals surface area contributed by atoms with E-state index in [1.54, 1.807) is 0 Å². The summed E-state index contributed by atoms with van der Waals surface area (Å²) in [5, 5.41) is 1.27. The molecule has 3 aromatic carbocycles. The Morgan fingerprint density at radius 2 is 1.41 bits per heavy atom. The lowest BCUT2D eigenvalue weighted by Crippen LogP contribution is -2.18. The number of benzene rings is 3. The fraction of sp³-hybridized carbons (Fsp3) is 0.269. The van der Waals surface area contributed by atoms with E-state index in [2.05, 4.69) is 57.0 Å². The van der Waals surface area contributed by atoms with E-state index < -0.39 is 0 Å². The van der Waals surface area contributed by atoms with Gasteiger partial charge in [0.2, 0.25) is 5.43 Å². The van der Waals surface area contributed by atoms with Crippen molar-refractivity contribution in [3.63, 3.8) is 0 Å². The summed E-state index contributed by atoms with van der Waals surface area (Å²) in [5.41, 5.74) is 5.20. The molecule has 0 amide bonds. The molecule has 0 aliphatic carbocycles. The van der Waals surface area contributed by atoms with Gasteiger partial charge in [-0.3, -0.25) is 9.69 Å². The third-order valence-electron chi connectivity index (χ3n) is 5.37. The molecule has 3 heteroatoms. The predicted molar refractivity (Wildman–Crippen MR) is 120 cm³/mol. The van der Waals surface area contributed by atoms with Crippen LogP contribution in [-0.2, 0) is 18.5 Å². The second-order valence-corrected chi connectivity index (χ2v) is 8.88. The Balaban J connectivity index is 1.55. The van der Waals surface area contributed by atoms with Crippen molar-refractivity contribution >= 4 is 21.9 Å². The Bertz CT molecular complexity index is 1210. The van der Waals surface area contributed by atoms with Crippen molar-refractivity contribution in [1.82, 2.24) is 4.90 Å². The van der Waals surface area contributed by atoms with E-state index in [9.17, 15) is 4.79 Å². The van der Waals surface area contributed by atoms with Crippen LogP contribution in [0.2, 0.25) is 0 Å². The van der Waals surface area contributed by atoms with Crippen molar-refractivity contribution in [2.24, 2.45) is 0 Å². The Morgan fingerprint density at radius 3 is 2.14 bits per heavy atom. The first-order valence-electron chi connectivity index (χ1n) is 10.0. The van der Waals surface area contributed by atoms with E-state index in [1.807, 2.05) is 42.5 Å². The molecule has 29 heavy (non-hydrogen) atoms. The molecule has 3 nitrogen and oxygen atoms in total. The predicted octanol–water partition coefficient (Wildman–Crippen LogP) is 5.88. The second-order valence-electron chi connectivity index (χ2n) is 8.88. The first-order valence-corrected chi connectivity index (χ1v) is 10.0. The lowest BCUT2D eigenvalue weighted by Gasteiger charge is -2.21. The van der Waals surface area contributed by atoms with Gasteiger partial charge in [-0.15, -0.1) is 0 Å². The van der Waals surface area contributed by atoms with Gasteiger partial charge in [0, 0.05) is 13.1 Å². The van der Waals surface area contributed by atoms with Gasteiger partial charge in [0.25, 0.3) is 0 Å². The molecule has 148 valence electrons. The van der Waals surface area contributed by atoms with E-state index >= 15 is 0 Å². The minimum atomic E-state index is 0.0316. The molecule has 0 aliphatic rings. The van der Waals surface area contributed by atoms with Gasteiger partial charge in [-0.2, -0.15) is 0 Å². The minimum Gasteiger partial charge on any atom is -0.456 e. The van der Waals surface area contributed by atoms with Crippen LogP contribution in [0.5, 0.6) is 0 Å². The Morgan fingerprint density at radius 1 is 0.793 bits per heavy atom. The average Bonchev–Trinajstić information content (AvgIpc) is 2.68. The fourth-order valence-electron chi connectivity index (χ4n) is 3.74. The zero-order valence-corrected chi connectivity index (χ0v) is 17.5. The lowest BCUT2D eigenvalue weighted by atomic mass is 9.87. The normalized spacial score (nSPS) is 12.2. The highest BCUT2D eigenvalue weighted by atomic mass is 16.3. The summed E-state index contributed by atoms with van der Waals surface area (Å²) in [7, 11) is 2.10. The van der Waals surface area contributed by atoms with Crippen LogP contribution in [0.1, 0.15) is 37.5 Å². The first kappa shape index (κ1) is 19.4. The van der Waals surface area contributed by atoms with Gasteiger partial charge >= 0.3 is 0 Å². The molecule has 1 heterocycles. The number of hydrogen-bond donors (Lipinski definition) is 0. The standard InChI is InChI=1S/C26H27NO2/c1-26(2,3)20-12-9-18(10-13-20)16-27(4)17-19-11-14-24-22(15-19)25(28)21-7-5-6-8-23(21)29-24/h5-15H,16-17H2,1-4H3. The van der Waals surface area contributed by atoms with Crippen molar-refractivity contribution < 1.29 is 4.42 Å². The van der Waals surface area contributed by atoms with Crippen molar-refractivity contribution in [2.75, 3.05) is 7.05 Å². The third-order valence-corrected chi connectivity index (χ3v) is 5.37. The number of fused-ring (bicyclic) bond motifs is 2. The monoisotopic (exact) mass is 385 g/mol. The Hall–Kier alpha value is -2.91. The molecular formula is C26H27NO2. The van der Waals surface area contributed by atoms with E-state index in [4.69, 9.17) is 4.42 Å². The van der Waals surface area contributed by atoms with E-state index in [-0.39, 0.29) is 10.8 Å². The van der Waals surface area contributed by atoms with Crippen LogP contribution in [0.4, 0.5) is 0 Å². The molecular weight excluding hydrogens is 358 g/mol. The summed E-state index contributed by atoms with van der Waals surface area (Å²) < 4.78 is 5.91. The van der Waals surface area contributed by atoms with Crippen molar-refractivity contribution in [3.05, 3.63) is 93.6 Å². The quantitative estimate of drug-likeness (QED) is 0.412. The first-order chi connectivity index (χ1) is 13.8. The lowest BCUT2D eigenvalue weighted by molar-refractivity contribution is 0.319. The summed E-state index contributed by atoms with van der Waals surface area (Å²) >= 11 is 0. The molecule has 4 aromatic rings. The molecule has 0 atom stereocenters. The highest BCUT2D eigenvalue weighted by Gasteiger charge is 2.13. The number of para-hydroxylation sites is 1. The molecule has 0 saturated heterocycles. The maximum atomic E-state index is 12.9. The summed E-state index contributed by atoms with van der Waals surface area (Å²) in [4.78, 5) is 15.1. The molecule has 0 aliphatic heterocycles. The third kappa shape index (κ3) is 4.10. The molecule has 4 rings (SSSR count). The van der Waals surface area contributed by atoms with Crippen molar-refractivity contribution in [2.45, 2.75) is 39.3 Å².